The van der Waals surface area contributed by atoms with Crippen LogP contribution in [-0.2, 0) is 21.0 Å². The van der Waals surface area contributed by atoms with Crippen molar-refractivity contribution < 1.29 is 26.4 Å². The first-order valence-corrected chi connectivity index (χ1v) is 10.7. The van der Waals surface area contributed by atoms with Crippen molar-refractivity contribution in [2.45, 2.75) is 26.4 Å². The van der Waals surface area contributed by atoms with Gasteiger partial charge in [0.05, 0.1) is 11.7 Å². The average molecular weight is 439 g/mol. The van der Waals surface area contributed by atoms with Crippen LogP contribution in [0.5, 0.6) is 5.75 Å². The van der Waals surface area contributed by atoms with Crippen LogP contribution in [0.15, 0.2) is 47.0 Å². The number of hydrogen-bond acceptors (Lipinski definition) is 8. The van der Waals surface area contributed by atoms with Gasteiger partial charge in [-0.25, -0.2) is 0 Å². The standard InChI is InChI=1S/C21H17N3O6S/c1-12(2)28-18-8-6-13(10-14(18)11-22)21-23-20(24-29-21)17-5-3-4-16-15(17)7-9-19(16)30-31(25,26)27/h3-6,8-10,12H,7H2,1-2H3,(H,25,26,27). The summed E-state index contributed by atoms with van der Waals surface area (Å²) in [5.41, 5.74) is 2.81. The van der Waals surface area contributed by atoms with E-state index in [2.05, 4.69) is 20.4 Å². The van der Waals surface area contributed by atoms with Gasteiger partial charge in [0.1, 0.15) is 17.6 Å². The van der Waals surface area contributed by atoms with E-state index in [1.54, 1.807) is 42.5 Å². The van der Waals surface area contributed by atoms with Gasteiger partial charge in [0.2, 0.25) is 5.82 Å². The van der Waals surface area contributed by atoms with Gasteiger partial charge in [0.25, 0.3) is 5.89 Å². The number of benzene rings is 2. The number of rotatable bonds is 6. The molecular formula is C21H17N3O6S. The number of ether oxygens (including phenoxy) is 1. The van der Waals surface area contributed by atoms with Gasteiger partial charge in [-0.15, -0.1) is 0 Å². The lowest BCUT2D eigenvalue weighted by molar-refractivity contribution is 0.241. The van der Waals surface area contributed by atoms with E-state index < -0.39 is 10.4 Å². The van der Waals surface area contributed by atoms with Crippen LogP contribution < -0.4 is 4.74 Å². The van der Waals surface area contributed by atoms with Gasteiger partial charge < -0.3 is 13.4 Å². The Labute approximate surface area is 178 Å². The minimum absolute atomic E-state index is 0.0440. The zero-order valence-electron chi connectivity index (χ0n) is 16.6. The van der Waals surface area contributed by atoms with E-state index in [0.717, 1.165) is 5.56 Å². The van der Waals surface area contributed by atoms with Gasteiger partial charge in [-0.3, -0.25) is 4.55 Å². The van der Waals surface area contributed by atoms with Crippen molar-refractivity contribution in [3.05, 3.63) is 59.2 Å². The van der Waals surface area contributed by atoms with E-state index in [1.807, 2.05) is 13.8 Å². The first-order chi connectivity index (χ1) is 14.7. The van der Waals surface area contributed by atoms with Gasteiger partial charge in [0.15, 0.2) is 0 Å². The van der Waals surface area contributed by atoms with Crippen LogP contribution in [0.25, 0.3) is 28.6 Å². The summed E-state index contributed by atoms with van der Waals surface area (Å²) < 4.78 is 46.8. The Balaban J connectivity index is 1.66. The molecule has 9 nitrogen and oxygen atoms in total. The second-order valence-electron chi connectivity index (χ2n) is 7.03. The summed E-state index contributed by atoms with van der Waals surface area (Å²) in [5, 5.41) is 13.5. The van der Waals surface area contributed by atoms with E-state index in [0.29, 0.717) is 40.2 Å². The monoisotopic (exact) mass is 439 g/mol. The molecule has 0 atom stereocenters. The Bertz CT molecular complexity index is 1340. The molecule has 0 radical (unpaired) electrons. The van der Waals surface area contributed by atoms with Crippen LogP contribution >= 0.6 is 0 Å². The fraction of sp³-hybridized carbons (Fsp3) is 0.190. The number of aromatic nitrogens is 2. The highest BCUT2D eigenvalue weighted by Crippen LogP contribution is 2.36. The van der Waals surface area contributed by atoms with Crippen molar-refractivity contribution in [1.82, 2.24) is 10.1 Å². The van der Waals surface area contributed by atoms with Crippen LogP contribution in [0.4, 0.5) is 0 Å². The van der Waals surface area contributed by atoms with E-state index in [4.69, 9.17) is 13.8 Å². The third-order valence-electron chi connectivity index (χ3n) is 4.50. The minimum atomic E-state index is -4.63. The topological polar surface area (TPSA) is 136 Å². The fourth-order valence-corrected chi connectivity index (χ4v) is 3.69. The van der Waals surface area contributed by atoms with E-state index in [9.17, 15) is 13.7 Å². The molecule has 2 aromatic carbocycles. The molecule has 0 amide bonds. The molecule has 10 heteroatoms. The predicted octanol–water partition coefficient (Wildman–Crippen LogP) is 3.78. The molecule has 158 valence electrons. The molecule has 0 saturated carbocycles. The maximum absolute atomic E-state index is 11.1. The molecule has 3 aromatic rings. The third kappa shape index (κ3) is 4.28. The lowest BCUT2D eigenvalue weighted by atomic mass is 10.0. The number of hydrogen-bond donors (Lipinski definition) is 1. The Morgan fingerprint density at radius 3 is 2.71 bits per heavy atom. The molecule has 0 aliphatic heterocycles. The van der Waals surface area contributed by atoms with Crippen LogP contribution in [0.3, 0.4) is 0 Å². The molecule has 4 rings (SSSR count). The lowest BCUT2D eigenvalue weighted by Gasteiger charge is -2.11. The molecule has 1 aliphatic rings. The van der Waals surface area contributed by atoms with Gasteiger partial charge in [-0.1, -0.05) is 23.4 Å². The maximum Gasteiger partial charge on any atom is 0.446 e. The maximum atomic E-state index is 11.1. The van der Waals surface area contributed by atoms with Gasteiger partial charge in [0, 0.05) is 16.7 Å². The third-order valence-corrected chi connectivity index (χ3v) is 4.89. The molecular weight excluding hydrogens is 422 g/mol. The van der Waals surface area contributed by atoms with Gasteiger partial charge in [-0.2, -0.15) is 18.7 Å². The molecule has 0 fully saturated rings. The van der Waals surface area contributed by atoms with E-state index >= 15 is 0 Å². The molecule has 0 unspecified atom stereocenters. The molecule has 0 bridgehead atoms. The highest BCUT2D eigenvalue weighted by molar-refractivity contribution is 7.81. The van der Waals surface area contributed by atoms with Crippen LogP contribution in [0, 0.1) is 11.3 Å². The molecule has 1 N–H and O–H groups in total. The quantitative estimate of drug-likeness (QED) is 0.569. The predicted molar refractivity (Wildman–Crippen MR) is 110 cm³/mol. The Kier molecular flexibility index (Phi) is 5.22. The molecule has 0 spiro atoms. The van der Waals surface area contributed by atoms with Crippen molar-refractivity contribution in [3.63, 3.8) is 0 Å². The Morgan fingerprint density at radius 2 is 2.00 bits per heavy atom. The van der Waals surface area contributed by atoms with Crippen LogP contribution in [0.1, 0.15) is 30.5 Å². The average Bonchev–Trinajstić information content (AvgIpc) is 3.34. The summed E-state index contributed by atoms with van der Waals surface area (Å²) in [5.74, 6) is 1.04. The highest BCUT2D eigenvalue weighted by Gasteiger charge is 2.24. The highest BCUT2D eigenvalue weighted by atomic mass is 32.3. The number of nitriles is 1. The van der Waals surface area contributed by atoms with Crippen LogP contribution in [0.2, 0.25) is 0 Å². The van der Waals surface area contributed by atoms with E-state index in [-0.39, 0.29) is 17.8 Å². The number of nitrogens with zero attached hydrogens (tertiary/aromatic N) is 3. The largest absolute Gasteiger partial charge is 0.490 e. The molecule has 1 aromatic heterocycles. The number of allylic oxidation sites excluding steroid dienone is 1. The normalized spacial score (nSPS) is 12.9. The SMILES string of the molecule is CC(C)Oc1ccc(-c2nc(-c3cccc4c3CC=C4OS(=O)(=O)O)no2)cc1C#N. The van der Waals surface area contributed by atoms with Gasteiger partial charge in [-0.05, 0) is 50.1 Å². The lowest BCUT2D eigenvalue weighted by Crippen LogP contribution is -2.06. The van der Waals surface area contributed by atoms with Crippen molar-refractivity contribution in [2.24, 2.45) is 0 Å². The van der Waals surface area contributed by atoms with Crippen molar-refractivity contribution in [3.8, 4) is 34.7 Å². The minimum Gasteiger partial charge on any atom is -0.490 e. The smallest absolute Gasteiger partial charge is 0.446 e. The molecule has 1 heterocycles. The number of fused-ring (bicyclic) bond motifs is 1. The first kappa shape index (κ1) is 20.6. The van der Waals surface area contributed by atoms with Crippen LogP contribution in [-0.4, -0.2) is 29.2 Å². The zero-order chi connectivity index (χ0) is 22.2. The summed E-state index contributed by atoms with van der Waals surface area (Å²) >= 11 is 0. The summed E-state index contributed by atoms with van der Waals surface area (Å²) in [7, 11) is -4.63. The summed E-state index contributed by atoms with van der Waals surface area (Å²) in [4.78, 5) is 4.43. The second-order valence-corrected chi connectivity index (χ2v) is 8.05. The molecule has 0 saturated heterocycles. The van der Waals surface area contributed by atoms with Crippen molar-refractivity contribution in [1.29, 1.82) is 5.26 Å². The first-order valence-electron chi connectivity index (χ1n) is 9.29. The summed E-state index contributed by atoms with van der Waals surface area (Å²) in [6.45, 7) is 3.75. The Morgan fingerprint density at radius 1 is 1.23 bits per heavy atom. The summed E-state index contributed by atoms with van der Waals surface area (Å²) in [6, 6.07) is 12.3. The summed E-state index contributed by atoms with van der Waals surface area (Å²) in [6.07, 6.45) is 1.85. The fourth-order valence-electron chi connectivity index (χ4n) is 3.30. The molecule has 1 aliphatic carbocycles. The zero-order valence-corrected chi connectivity index (χ0v) is 17.4. The second kappa shape index (κ2) is 7.86. The van der Waals surface area contributed by atoms with Crippen molar-refractivity contribution in [2.75, 3.05) is 0 Å². The Hall–Kier alpha value is -3.68. The van der Waals surface area contributed by atoms with Crippen molar-refractivity contribution >= 4 is 16.2 Å². The van der Waals surface area contributed by atoms with E-state index in [1.165, 1.54) is 0 Å². The van der Waals surface area contributed by atoms with Gasteiger partial charge >= 0.3 is 10.4 Å². The molecule has 31 heavy (non-hydrogen) atoms.